The molecule has 1 aromatic carbocycles. The second-order valence-electron chi connectivity index (χ2n) is 7.36. The van der Waals surface area contributed by atoms with Gasteiger partial charge in [-0.25, -0.2) is 4.98 Å². The molecule has 0 amide bonds. The largest absolute Gasteiger partial charge is 0.416 e. The van der Waals surface area contributed by atoms with Crippen LogP contribution in [-0.2, 0) is 12.6 Å². The summed E-state index contributed by atoms with van der Waals surface area (Å²) in [6.07, 6.45) is -3.81. The van der Waals surface area contributed by atoms with Crippen molar-refractivity contribution in [2.75, 3.05) is 33.2 Å². The average molecular weight is 425 g/mol. The number of piperazine rings is 1. The number of carbonyl (C=O) groups excluding carboxylic acids is 1. The molecule has 3 heterocycles. The zero-order valence-corrected chi connectivity index (χ0v) is 17.0. The molecule has 1 fully saturated rings. The van der Waals surface area contributed by atoms with Crippen molar-refractivity contribution in [2.45, 2.75) is 36.0 Å². The van der Waals surface area contributed by atoms with Gasteiger partial charge in [0.25, 0.3) is 5.91 Å². The molecule has 6 nitrogen and oxygen atoms in total. The third kappa shape index (κ3) is 3.93. The Kier molecular flexibility index (Phi) is 5.43. The summed E-state index contributed by atoms with van der Waals surface area (Å²) in [5.74, 6) is 0.369. The van der Waals surface area contributed by atoms with Crippen molar-refractivity contribution in [3.63, 3.8) is 0 Å². The Balaban J connectivity index is 1.70. The number of benzene rings is 1. The van der Waals surface area contributed by atoms with Crippen LogP contribution >= 0.6 is 11.8 Å². The number of thioether (sulfide) groups is 1. The van der Waals surface area contributed by atoms with Crippen LogP contribution in [0.25, 0.3) is 0 Å². The first-order valence-electron chi connectivity index (χ1n) is 9.54. The summed E-state index contributed by atoms with van der Waals surface area (Å²) in [7, 11) is 2.01. The molecule has 2 unspecified atom stereocenters. The molecule has 10 heteroatoms. The fraction of sp³-hybridized carbons (Fsp3) is 0.526. The van der Waals surface area contributed by atoms with E-state index in [9.17, 15) is 18.0 Å². The van der Waals surface area contributed by atoms with Gasteiger partial charge in [-0.05, 0) is 24.7 Å². The minimum Gasteiger partial charge on any atom is -0.304 e. The van der Waals surface area contributed by atoms with Crippen LogP contribution in [0.1, 0.15) is 34.7 Å². The molecule has 1 aromatic heterocycles. The van der Waals surface area contributed by atoms with Crippen LogP contribution < -0.4 is 0 Å². The molecule has 1 saturated heterocycles. The van der Waals surface area contributed by atoms with Crippen molar-refractivity contribution >= 4 is 17.7 Å². The fourth-order valence-corrected chi connectivity index (χ4v) is 5.04. The number of likely N-dealkylation sites (N-methyl/N-ethyl adjacent to an activating group) is 1. The summed E-state index contributed by atoms with van der Waals surface area (Å²) in [5, 5.41) is 4.19. The summed E-state index contributed by atoms with van der Waals surface area (Å²) in [6, 6.07) is 4.85. The number of nitrogens with zero attached hydrogens (tertiary/aromatic N) is 5. The Morgan fingerprint density at radius 3 is 2.59 bits per heavy atom. The van der Waals surface area contributed by atoms with Gasteiger partial charge in [-0.2, -0.15) is 17.9 Å². The SMILES string of the molecule is CCc1nc2n(n1)C(=O)C(C(c1cccc(C(F)(F)F)c1)N1CCN(C)CC1)S2. The maximum absolute atomic E-state index is 13.3. The zero-order valence-electron chi connectivity index (χ0n) is 16.2. The van der Waals surface area contributed by atoms with E-state index in [1.54, 1.807) is 6.07 Å². The molecule has 0 spiro atoms. The Morgan fingerprint density at radius 1 is 1.24 bits per heavy atom. The molecule has 2 aliphatic heterocycles. The number of aromatic nitrogens is 3. The van der Waals surface area contributed by atoms with Crippen LogP contribution in [0.15, 0.2) is 29.4 Å². The quantitative estimate of drug-likeness (QED) is 0.751. The Hall–Kier alpha value is -1.91. The summed E-state index contributed by atoms with van der Waals surface area (Å²) in [6.45, 7) is 4.86. The van der Waals surface area contributed by atoms with Crippen LogP contribution in [0, 0.1) is 0 Å². The van der Waals surface area contributed by atoms with Gasteiger partial charge in [-0.3, -0.25) is 9.69 Å². The maximum atomic E-state index is 13.3. The highest BCUT2D eigenvalue weighted by molar-refractivity contribution is 8.00. The van der Waals surface area contributed by atoms with E-state index in [0.29, 0.717) is 36.1 Å². The van der Waals surface area contributed by atoms with E-state index in [1.165, 1.54) is 28.6 Å². The predicted molar refractivity (Wildman–Crippen MR) is 103 cm³/mol. The number of hydrogen-bond acceptors (Lipinski definition) is 6. The van der Waals surface area contributed by atoms with Gasteiger partial charge in [0.2, 0.25) is 0 Å². The minimum atomic E-state index is -4.43. The van der Waals surface area contributed by atoms with Gasteiger partial charge in [-0.15, -0.1) is 5.10 Å². The number of rotatable bonds is 4. The van der Waals surface area contributed by atoms with E-state index in [-0.39, 0.29) is 5.91 Å². The highest BCUT2D eigenvalue weighted by Gasteiger charge is 2.44. The molecule has 29 heavy (non-hydrogen) atoms. The number of halogens is 3. The first-order valence-corrected chi connectivity index (χ1v) is 10.4. The summed E-state index contributed by atoms with van der Waals surface area (Å²) in [5.41, 5.74) is -0.203. The molecular weight excluding hydrogens is 403 g/mol. The molecule has 0 radical (unpaired) electrons. The Morgan fingerprint density at radius 2 is 1.97 bits per heavy atom. The van der Waals surface area contributed by atoms with Crippen molar-refractivity contribution in [2.24, 2.45) is 0 Å². The van der Waals surface area contributed by atoms with Gasteiger partial charge in [-0.1, -0.05) is 30.8 Å². The van der Waals surface area contributed by atoms with E-state index >= 15 is 0 Å². The number of aryl methyl sites for hydroxylation is 1. The lowest BCUT2D eigenvalue weighted by molar-refractivity contribution is -0.137. The predicted octanol–water partition coefficient (Wildman–Crippen LogP) is 2.96. The van der Waals surface area contributed by atoms with Gasteiger partial charge in [0.1, 0.15) is 5.25 Å². The molecule has 2 atom stereocenters. The third-order valence-corrected chi connectivity index (χ3v) is 6.58. The van der Waals surface area contributed by atoms with Crippen LogP contribution in [0.5, 0.6) is 0 Å². The fourth-order valence-electron chi connectivity index (χ4n) is 3.77. The lowest BCUT2D eigenvalue weighted by Gasteiger charge is -2.39. The molecule has 0 aliphatic carbocycles. The van der Waals surface area contributed by atoms with Crippen molar-refractivity contribution in [3.8, 4) is 0 Å². The van der Waals surface area contributed by atoms with Crippen LogP contribution in [0.4, 0.5) is 13.2 Å². The van der Waals surface area contributed by atoms with Gasteiger partial charge in [0, 0.05) is 32.6 Å². The van der Waals surface area contributed by atoms with E-state index in [1.807, 2.05) is 14.0 Å². The van der Waals surface area contributed by atoms with Crippen molar-refractivity contribution < 1.29 is 18.0 Å². The molecule has 0 bridgehead atoms. The lowest BCUT2D eigenvalue weighted by Crippen LogP contribution is -2.49. The number of hydrogen-bond donors (Lipinski definition) is 0. The lowest BCUT2D eigenvalue weighted by atomic mass is 9.98. The van der Waals surface area contributed by atoms with Crippen LogP contribution in [0.3, 0.4) is 0 Å². The molecule has 156 valence electrons. The number of fused-ring (bicyclic) bond motifs is 1. The smallest absolute Gasteiger partial charge is 0.304 e. The van der Waals surface area contributed by atoms with Crippen molar-refractivity contribution in [1.29, 1.82) is 0 Å². The first-order chi connectivity index (χ1) is 13.8. The van der Waals surface area contributed by atoms with Gasteiger partial charge in [0.15, 0.2) is 11.0 Å². The van der Waals surface area contributed by atoms with E-state index < -0.39 is 23.0 Å². The monoisotopic (exact) mass is 425 g/mol. The van der Waals surface area contributed by atoms with E-state index in [0.717, 1.165) is 19.2 Å². The minimum absolute atomic E-state index is 0.224. The van der Waals surface area contributed by atoms with Crippen molar-refractivity contribution in [3.05, 3.63) is 41.2 Å². The molecule has 0 N–H and O–H groups in total. The second-order valence-corrected chi connectivity index (χ2v) is 8.47. The van der Waals surface area contributed by atoms with Crippen LogP contribution in [-0.4, -0.2) is 68.9 Å². The standard InChI is InChI=1S/C19H22F3N5OS/c1-3-14-23-18-27(24-14)17(28)16(29-18)15(26-9-7-25(2)8-10-26)12-5-4-6-13(11-12)19(20,21)22/h4-6,11,15-16H,3,7-10H2,1-2H3. The van der Waals surface area contributed by atoms with Gasteiger partial charge >= 0.3 is 6.18 Å². The average Bonchev–Trinajstić information content (AvgIpc) is 3.23. The van der Waals surface area contributed by atoms with Crippen LogP contribution in [0.2, 0.25) is 0 Å². The number of carbonyl (C=O) groups is 1. The third-order valence-electron chi connectivity index (χ3n) is 5.40. The normalized spacial score (nSPS) is 22.1. The number of alkyl halides is 3. The highest BCUT2D eigenvalue weighted by Crippen LogP contribution is 2.42. The summed E-state index contributed by atoms with van der Waals surface area (Å²) < 4.78 is 41.2. The molecule has 4 rings (SSSR count). The molecular formula is C19H22F3N5OS. The van der Waals surface area contributed by atoms with Gasteiger partial charge < -0.3 is 4.90 Å². The molecule has 0 saturated carbocycles. The molecule has 2 aromatic rings. The van der Waals surface area contributed by atoms with Gasteiger partial charge in [0.05, 0.1) is 11.6 Å². The first kappa shape index (κ1) is 20.4. The second kappa shape index (κ2) is 7.73. The topological polar surface area (TPSA) is 54.3 Å². The highest BCUT2D eigenvalue weighted by atomic mass is 32.2. The van der Waals surface area contributed by atoms with E-state index in [2.05, 4.69) is 19.9 Å². The maximum Gasteiger partial charge on any atom is 0.416 e. The Labute approximate surface area is 171 Å². The Bertz CT molecular complexity index is 907. The summed E-state index contributed by atoms with van der Waals surface area (Å²) in [4.78, 5) is 21.8. The van der Waals surface area contributed by atoms with E-state index in [4.69, 9.17) is 0 Å². The summed E-state index contributed by atoms with van der Waals surface area (Å²) >= 11 is 1.29. The molecule has 2 aliphatic rings. The zero-order chi connectivity index (χ0) is 20.8. The van der Waals surface area contributed by atoms with Crippen molar-refractivity contribution in [1.82, 2.24) is 24.6 Å².